The lowest BCUT2D eigenvalue weighted by Gasteiger charge is -2.30. The van der Waals surface area contributed by atoms with E-state index in [1.165, 1.54) is 48.5 Å². The van der Waals surface area contributed by atoms with Crippen LogP contribution in [0, 0.1) is 11.6 Å². The molecule has 0 bridgehead atoms. The van der Waals surface area contributed by atoms with Crippen LogP contribution < -0.4 is 9.86 Å². The first-order valence-corrected chi connectivity index (χ1v) is 10.2. The fraction of sp³-hybridized carbons (Fsp3) is 0.240. The number of hydrogen-bond acceptors (Lipinski definition) is 4. The SMILES string of the molecule is CC(C)OC(=O)COc1ccccc1N(F)C(C)(F)c1cc(-c2cccc(F)c2)ccc1F. The Morgan fingerprint density at radius 3 is 2.39 bits per heavy atom. The summed E-state index contributed by atoms with van der Waals surface area (Å²) in [6.07, 6.45) is -0.364. The van der Waals surface area contributed by atoms with Gasteiger partial charge in [-0.3, -0.25) is 0 Å². The summed E-state index contributed by atoms with van der Waals surface area (Å²) in [4.78, 5) is 11.8. The Hall–Kier alpha value is -3.55. The zero-order valence-corrected chi connectivity index (χ0v) is 18.3. The average molecular weight is 461 g/mol. The largest absolute Gasteiger partial charge is 0.480 e. The molecule has 0 radical (unpaired) electrons. The number of para-hydroxylation sites is 2. The number of nitrogens with zero attached hydrogens (tertiary/aromatic N) is 1. The number of alkyl halides is 1. The highest BCUT2D eigenvalue weighted by Gasteiger charge is 2.39. The smallest absolute Gasteiger partial charge is 0.344 e. The Morgan fingerprint density at radius 1 is 1.00 bits per heavy atom. The van der Waals surface area contributed by atoms with Gasteiger partial charge in [0.25, 0.3) is 0 Å². The molecule has 8 heteroatoms. The molecule has 0 heterocycles. The summed E-state index contributed by atoms with van der Waals surface area (Å²) in [6.45, 7) is 3.66. The third-order valence-corrected chi connectivity index (χ3v) is 4.77. The van der Waals surface area contributed by atoms with Gasteiger partial charge in [0.15, 0.2) is 6.61 Å². The topological polar surface area (TPSA) is 38.8 Å². The maximum absolute atomic E-state index is 15.8. The minimum absolute atomic E-state index is 0.133. The fourth-order valence-corrected chi connectivity index (χ4v) is 3.23. The predicted molar refractivity (Wildman–Crippen MR) is 117 cm³/mol. The van der Waals surface area contributed by atoms with Crippen LogP contribution >= 0.6 is 0 Å². The van der Waals surface area contributed by atoms with Crippen molar-refractivity contribution < 1.29 is 31.9 Å². The van der Waals surface area contributed by atoms with E-state index in [0.29, 0.717) is 11.1 Å². The number of rotatable bonds is 8. The van der Waals surface area contributed by atoms with Crippen LogP contribution in [0.4, 0.5) is 23.3 Å². The molecule has 33 heavy (non-hydrogen) atoms. The zero-order valence-electron chi connectivity index (χ0n) is 18.3. The van der Waals surface area contributed by atoms with E-state index in [1.54, 1.807) is 19.9 Å². The lowest BCUT2D eigenvalue weighted by molar-refractivity contribution is -0.149. The maximum Gasteiger partial charge on any atom is 0.344 e. The van der Waals surface area contributed by atoms with Crippen molar-refractivity contribution in [2.75, 3.05) is 11.7 Å². The van der Waals surface area contributed by atoms with Gasteiger partial charge in [-0.1, -0.05) is 34.8 Å². The number of hydrogen-bond donors (Lipinski definition) is 0. The zero-order chi connectivity index (χ0) is 24.2. The summed E-state index contributed by atoms with van der Waals surface area (Å²) in [7, 11) is 0. The summed E-state index contributed by atoms with van der Waals surface area (Å²) in [6, 6.07) is 14.5. The van der Waals surface area contributed by atoms with Crippen LogP contribution in [0.3, 0.4) is 0 Å². The number of ether oxygens (including phenoxy) is 2. The van der Waals surface area contributed by atoms with Crippen molar-refractivity contribution in [1.82, 2.24) is 0 Å². The van der Waals surface area contributed by atoms with Crippen molar-refractivity contribution in [3.63, 3.8) is 0 Å². The van der Waals surface area contributed by atoms with Gasteiger partial charge < -0.3 is 9.47 Å². The molecule has 0 aliphatic heterocycles. The molecule has 0 amide bonds. The second-order valence-electron chi connectivity index (χ2n) is 7.73. The monoisotopic (exact) mass is 461 g/mol. The molecular weight excluding hydrogens is 438 g/mol. The normalized spacial score (nSPS) is 12.8. The number of anilines is 1. The summed E-state index contributed by atoms with van der Waals surface area (Å²) in [5, 5.41) is -0.274. The Kier molecular flexibility index (Phi) is 7.26. The highest BCUT2D eigenvalue weighted by molar-refractivity contribution is 5.72. The van der Waals surface area contributed by atoms with Gasteiger partial charge in [-0.15, -0.1) is 0 Å². The van der Waals surface area contributed by atoms with E-state index < -0.39 is 35.6 Å². The fourth-order valence-electron chi connectivity index (χ4n) is 3.23. The third kappa shape index (κ3) is 5.63. The molecule has 0 spiro atoms. The minimum Gasteiger partial charge on any atom is -0.480 e. The van der Waals surface area contributed by atoms with Crippen LogP contribution in [0.1, 0.15) is 26.3 Å². The second-order valence-corrected chi connectivity index (χ2v) is 7.73. The van der Waals surface area contributed by atoms with E-state index in [0.717, 1.165) is 19.1 Å². The number of carbonyl (C=O) groups is 1. The molecule has 0 aromatic heterocycles. The first-order chi connectivity index (χ1) is 15.6. The molecule has 3 aromatic carbocycles. The van der Waals surface area contributed by atoms with Gasteiger partial charge in [0.05, 0.1) is 6.10 Å². The van der Waals surface area contributed by atoms with Gasteiger partial charge in [0, 0.05) is 5.56 Å². The molecule has 1 unspecified atom stereocenters. The lowest BCUT2D eigenvalue weighted by Crippen LogP contribution is -2.35. The first kappa shape index (κ1) is 24.1. The van der Waals surface area contributed by atoms with E-state index in [4.69, 9.17) is 9.47 Å². The molecular formula is C25H23F4NO3. The Morgan fingerprint density at radius 2 is 1.70 bits per heavy atom. The molecule has 3 rings (SSSR count). The highest BCUT2D eigenvalue weighted by Crippen LogP contribution is 2.41. The number of carbonyl (C=O) groups excluding carboxylic acids is 1. The highest BCUT2D eigenvalue weighted by atomic mass is 19.2. The maximum atomic E-state index is 15.8. The van der Waals surface area contributed by atoms with Gasteiger partial charge in [-0.2, -0.15) is 5.12 Å². The molecule has 0 saturated carbocycles. The van der Waals surface area contributed by atoms with Crippen LogP contribution in [0.25, 0.3) is 11.1 Å². The van der Waals surface area contributed by atoms with Crippen LogP contribution in [0.15, 0.2) is 66.7 Å². The molecule has 4 nitrogen and oxygen atoms in total. The molecule has 0 N–H and O–H groups in total. The molecule has 0 fully saturated rings. The van der Waals surface area contributed by atoms with E-state index in [1.807, 2.05) is 0 Å². The summed E-state index contributed by atoms with van der Waals surface area (Å²) in [5.74, 6) is -5.28. The van der Waals surface area contributed by atoms with Crippen LogP contribution in [0.5, 0.6) is 5.75 Å². The molecule has 0 aliphatic rings. The van der Waals surface area contributed by atoms with E-state index in [2.05, 4.69) is 0 Å². The minimum atomic E-state index is -2.97. The summed E-state index contributed by atoms with van der Waals surface area (Å²) in [5.41, 5.74) is -0.259. The van der Waals surface area contributed by atoms with Crippen LogP contribution in [-0.2, 0) is 15.3 Å². The van der Waals surface area contributed by atoms with Crippen molar-refractivity contribution >= 4 is 11.7 Å². The molecule has 1 atom stereocenters. The van der Waals surface area contributed by atoms with Crippen LogP contribution in [-0.4, -0.2) is 18.7 Å². The standard InChI is InChI=1S/C25H23F4NO3/c1-16(2)33-24(31)15-32-23-10-5-4-9-22(23)30(29)25(3,28)20-14-18(11-12-21(20)27)17-7-6-8-19(26)13-17/h4-14,16H,15H2,1-3H3. The Labute approximate surface area is 189 Å². The number of esters is 1. The van der Waals surface area contributed by atoms with E-state index in [-0.39, 0.29) is 22.7 Å². The van der Waals surface area contributed by atoms with Gasteiger partial charge in [0.1, 0.15) is 23.1 Å². The summed E-state index contributed by atoms with van der Waals surface area (Å²) < 4.78 is 69.7. The van der Waals surface area contributed by atoms with Gasteiger partial charge in [-0.05, 0) is 68.3 Å². The van der Waals surface area contributed by atoms with Crippen molar-refractivity contribution in [1.29, 1.82) is 0 Å². The van der Waals surface area contributed by atoms with Crippen molar-refractivity contribution in [3.8, 4) is 16.9 Å². The van der Waals surface area contributed by atoms with Crippen molar-refractivity contribution in [2.45, 2.75) is 32.7 Å². The van der Waals surface area contributed by atoms with Gasteiger partial charge >= 0.3 is 5.97 Å². The Balaban J connectivity index is 1.92. The van der Waals surface area contributed by atoms with E-state index >= 15 is 8.87 Å². The van der Waals surface area contributed by atoms with Crippen LogP contribution in [0.2, 0.25) is 0 Å². The molecule has 0 aliphatic carbocycles. The Bertz CT molecular complexity index is 1130. The van der Waals surface area contributed by atoms with E-state index in [9.17, 15) is 13.6 Å². The lowest BCUT2D eigenvalue weighted by atomic mass is 9.97. The van der Waals surface area contributed by atoms with Crippen molar-refractivity contribution in [3.05, 3.63) is 83.9 Å². The quantitative estimate of drug-likeness (QED) is 0.166. The predicted octanol–water partition coefficient (Wildman–Crippen LogP) is 6.50. The number of halogens is 4. The van der Waals surface area contributed by atoms with Crippen molar-refractivity contribution in [2.24, 2.45) is 0 Å². The van der Waals surface area contributed by atoms with Gasteiger partial charge in [0.2, 0.25) is 5.79 Å². The second kappa shape index (κ2) is 9.94. The molecule has 3 aromatic rings. The molecule has 174 valence electrons. The van der Waals surface area contributed by atoms with Gasteiger partial charge in [-0.25, -0.2) is 18.0 Å². The average Bonchev–Trinajstić information content (AvgIpc) is 2.77. The summed E-state index contributed by atoms with van der Waals surface area (Å²) >= 11 is 0. The first-order valence-electron chi connectivity index (χ1n) is 10.2. The molecule has 0 saturated heterocycles. The number of benzene rings is 3. The third-order valence-electron chi connectivity index (χ3n) is 4.77.